The summed E-state index contributed by atoms with van der Waals surface area (Å²) in [5.74, 6) is 0. The first-order valence-electron chi connectivity index (χ1n) is 19.0. The molecule has 0 saturated heterocycles. The van der Waals surface area contributed by atoms with Gasteiger partial charge in [0, 0.05) is 21.5 Å². The zero-order valence-electron chi connectivity index (χ0n) is 30.2. The normalized spacial score (nSPS) is 11.6. The zero-order valence-corrected chi connectivity index (χ0v) is 30.2. The van der Waals surface area contributed by atoms with E-state index in [-0.39, 0.29) is 0 Å². The molecule has 0 aliphatic heterocycles. The van der Waals surface area contributed by atoms with Gasteiger partial charge in [-0.2, -0.15) is 0 Å². The van der Waals surface area contributed by atoms with Crippen LogP contribution >= 0.6 is 0 Å². The molecule has 256 valence electrons. The molecule has 0 amide bonds. The van der Waals surface area contributed by atoms with Gasteiger partial charge in [-0.25, -0.2) is 0 Å². The van der Waals surface area contributed by atoms with E-state index in [0.717, 1.165) is 0 Å². The summed E-state index contributed by atoms with van der Waals surface area (Å²) in [6.45, 7) is 0. The fourth-order valence-electron chi connectivity index (χ4n) is 8.63. The number of nitrogens with zero attached hydrogens (tertiary/aromatic N) is 1. The molecule has 2 aromatic heterocycles. The van der Waals surface area contributed by atoms with Gasteiger partial charge in [0.25, 0.3) is 0 Å². The van der Waals surface area contributed by atoms with Crippen molar-refractivity contribution in [2.24, 2.45) is 0 Å². The minimum absolute atomic E-state index is 1.20. The van der Waals surface area contributed by atoms with E-state index >= 15 is 0 Å². The standard InChI is InChI=1S/C54H35N/c1-2-12-36(13-3-1)37-14-6-15-38(30-37)39-16-7-17-40(31-39)41-18-8-19-42(32-41)43-20-9-21-44(33-43)45-22-10-23-46(34-45)47-28-29-53-51(35-47)50-26-11-25-49-48-24-4-5-27-52(48)55(53)54(49)50/h1-35H. The monoisotopic (exact) mass is 697 g/mol. The summed E-state index contributed by atoms with van der Waals surface area (Å²) < 4.78 is 2.44. The van der Waals surface area contributed by atoms with E-state index in [2.05, 4.69) is 217 Å². The van der Waals surface area contributed by atoms with E-state index in [9.17, 15) is 0 Å². The Labute approximate surface area is 320 Å². The first-order valence-corrected chi connectivity index (χ1v) is 19.0. The smallest absolute Gasteiger partial charge is 0.0620 e. The fraction of sp³-hybridized carbons (Fsp3) is 0. The highest BCUT2D eigenvalue weighted by atomic mass is 14.9. The fourth-order valence-corrected chi connectivity index (χ4v) is 8.63. The Bertz CT molecular complexity index is 3200. The number of aromatic nitrogens is 1. The summed E-state index contributed by atoms with van der Waals surface area (Å²) in [6.07, 6.45) is 0. The van der Waals surface area contributed by atoms with Crippen LogP contribution < -0.4 is 0 Å². The minimum atomic E-state index is 1.20. The molecule has 1 heteroatoms. The van der Waals surface area contributed by atoms with Crippen LogP contribution in [0, 0.1) is 0 Å². The number of rotatable bonds is 6. The first kappa shape index (κ1) is 31.3. The Kier molecular flexibility index (Phi) is 7.25. The average molecular weight is 698 g/mol. The largest absolute Gasteiger partial charge is 0.308 e. The molecule has 0 saturated carbocycles. The maximum Gasteiger partial charge on any atom is 0.0620 e. The molecule has 0 atom stereocenters. The number of fused-ring (bicyclic) bond motifs is 6. The van der Waals surface area contributed by atoms with Crippen molar-refractivity contribution in [2.75, 3.05) is 0 Å². The SMILES string of the molecule is c1ccc(-c2cccc(-c3cccc(-c4cccc(-c5cccc(-c6cccc(-c7ccc8c(c7)c7cccc9c%10ccccc%10n8c97)c6)c5)c4)c3)c2)cc1. The van der Waals surface area contributed by atoms with E-state index in [1.165, 1.54) is 105 Å². The van der Waals surface area contributed by atoms with Crippen molar-refractivity contribution in [1.29, 1.82) is 0 Å². The average Bonchev–Trinajstić information content (AvgIpc) is 3.79. The van der Waals surface area contributed by atoms with Gasteiger partial charge in [0.05, 0.1) is 16.6 Å². The van der Waals surface area contributed by atoms with Crippen molar-refractivity contribution in [2.45, 2.75) is 0 Å². The summed E-state index contributed by atoms with van der Waals surface area (Å²) in [7, 11) is 0. The lowest BCUT2D eigenvalue weighted by atomic mass is 9.93. The summed E-state index contributed by atoms with van der Waals surface area (Å²) in [4.78, 5) is 0. The molecule has 55 heavy (non-hydrogen) atoms. The number of benzene rings is 9. The molecule has 2 heterocycles. The number of hydrogen-bond donors (Lipinski definition) is 0. The second-order valence-electron chi connectivity index (χ2n) is 14.6. The molecule has 0 spiro atoms. The third kappa shape index (κ3) is 5.32. The Morgan fingerprint density at radius 1 is 0.200 bits per heavy atom. The van der Waals surface area contributed by atoms with Crippen LogP contribution in [0.25, 0.3) is 105 Å². The van der Waals surface area contributed by atoms with E-state index in [4.69, 9.17) is 0 Å². The third-order valence-electron chi connectivity index (χ3n) is 11.3. The van der Waals surface area contributed by atoms with Gasteiger partial charge in [-0.3, -0.25) is 0 Å². The first-order chi connectivity index (χ1) is 27.2. The minimum Gasteiger partial charge on any atom is -0.308 e. The van der Waals surface area contributed by atoms with Gasteiger partial charge in [0.15, 0.2) is 0 Å². The van der Waals surface area contributed by atoms with Gasteiger partial charge >= 0.3 is 0 Å². The van der Waals surface area contributed by atoms with Gasteiger partial charge in [-0.1, -0.05) is 164 Å². The van der Waals surface area contributed by atoms with Crippen LogP contribution in [0.1, 0.15) is 0 Å². The summed E-state index contributed by atoms with van der Waals surface area (Å²) in [5, 5.41) is 5.23. The summed E-state index contributed by atoms with van der Waals surface area (Å²) >= 11 is 0. The van der Waals surface area contributed by atoms with Crippen molar-refractivity contribution >= 4 is 38.1 Å². The highest BCUT2D eigenvalue weighted by Crippen LogP contribution is 2.41. The predicted molar refractivity (Wildman–Crippen MR) is 234 cm³/mol. The van der Waals surface area contributed by atoms with Crippen molar-refractivity contribution in [3.05, 3.63) is 212 Å². The number of para-hydroxylation sites is 2. The number of hydrogen-bond acceptors (Lipinski definition) is 0. The van der Waals surface area contributed by atoms with Gasteiger partial charge < -0.3 is 4.40 Å². The molecule has 0 unspecified atom stereocenters. The van der Waals surface area contributed by atoms with Gasteiger partial charge in [0.1, 0.15) is 0 Å². The lowest BCUT2D eigenvalue weighted by molar-refractivity contribution is 1.37. The van der Waals surface area contributed by atoms with Crippen LogP contribution in [-0.2, 0) is 0 Å². The molecular formula is C54H35N. The lowest BCUT2D eigenvalue weighted by Crippen LogP contribution is -1.86. The second kappa shape index (κ2) is 12.7. The van der Waals surface area contributed by atoms with Crippen LogP contribution in [0.4, 0.5) is 0 Å². The van der Waals surface area contributed by atoms with Crippen LogP contribution in [-0.4, -0.2) is 4.40 Å². The lowest BCUT2D eigenvalue weighted by Gasteiger charge is -2.11. The third-order valence-corrected chi connectivity index (χ3v) is 11.3. The Morgan fingerprint density at radius 2 is 0.527 bits per heavy atom. The van der Waals surface area contributed by atoms with Crippen LogP contribution in [0.5, 0.6) is 0 Å². The van der Waals surface area contributed by atoms with E-state index in [1.54, 1.807) is 0 Å². The van der Waals surface area contributed by atoms with Crippen molar-refractivity contribution in [1.82, 2.24) is 4.40 Å². The van der Waals surface area contributed by atoms with Gasteiger partial charge in [-0.15, -0.1) is 0 Å². The zero-order chi connectivity index (χ0) is 36.3. The molecule has 0 aliphatic carbocycles. The maximum atomic E-state index is 2.44. The summed E-state index contributed by atoms with van der Waals surface area (Å²) in [6, 6.07) is 77.6. The molecule has 1 nitrogen and oxygen atoms in total. The Morgan fingerprint density at radius 3 is 1.02 bits per heavy atom. The van der Waals surface area contributed by atoms with Crippen molar-refractivity contribution in [3.8, 4) is 66.8 Å². The van der Waals surface area contributed by atoms with Crippen LogP contribution in [0.3, 0.4) is 0 Å². The summed E-state index contributed by atoms with van der Waals surface area (Å²) in [5.41, 5.74) is 18.4. The second-order valence-corrected chi connectivity index (χ2v) is 14.6. The van der Waals surface area contributed by atoms with E-state index < -0.39 is 0 Å². The Balaban J connectivity index is 0.915. The molecule has 0 bridgehead atoms. The molecule has 11 rings (SSSR count). The molecular weight excluding hydrogens is 663 g/mol. The molecule has 0 aliphatic rings. The highest BCUT2D eigenvalue weighted by Gasteiger charge is 2.17. The molecule has 11 aromatic rings. The maximum absolute atomic E-state index is 2.44. The van der Waals surface area contributed by atoms with Crippen LogP contribution in [0.2, 0.25) is 0 Å². The van der Waals surface area contributed by atoms with Crippen molar-refractivity contribution in [3.63, 3.8) is 0 Å². The Hall–Kier alpha value is -7.22. The quantitative estimate of drug-likeness (QED) is 0.163. The topological polar surface area (TPSA) is 4.41 Å². The predicted octanol–water partition coefficient (Wildman–Crippen LogP) is 14.8. The molecule has 0 radical (unpaired) electrons. The van der Waals surface area contributed by atoms with E-state index in [0.29, 0.717) is 0 Å². The highest BCUT2D eigenvalue weighted by molar-refractivity contribution is 6.23. The van der Waals surface area contributed by atoms with Gasteiger partial charge in [0.2, 0.25) is 0 Å². The van der Waals surface area contributed by atoms with Crippen molar-refractivity contribution < 1.29 is 0 Å². The molecule has 0 fully saturated rings. The molecule has 0 N–H and O–H groups in total. The van der Waals surface area contributed by atoms with Gasteiger partial charge in [-0.05, 0) is 115 Å². The van der Waals surface area contributed by atoms with E-state index in [1.807, 2.05) is 0 Å². The molecule has 9 aromatic carbocycles. The van der Waals surface area contributed by atoms with Crippen LogP contribution in [0.15, 0.2) is 212 Å².